The summed E-state index contributed by atoms with van der Waals surface area (Å²) < 4.78 is 33.8. The molecule has 3 aromatic carbocycles. The smallest absolute Gasteiger partial charge is 0.262 e. The van der Waals surface area contributed by atoms with E-state index in [1.165, 1.54) is 0 Å². The number of hydrogen-bond donors (Lipinski definition) is 1. The molecule has 0 radical (unpaired) electrons. The molecule has 0 spiro atoms. The van der Waals surface area contributed by atoms with Crippen molar-refractivity contribution in [3.63, 3.8) is 0 Å². The minimum atomic E-state index is -3.74. The molecule has 1 N–H and O–H groups in total. The number of nitrogens with zero attached hydrogens (tertiary/aromatic N) is 1. The molecule has 4 rings (SSSR count). The zero-order valence-corrected chi connectivity index (χ0v) is 16.9. The molecular weight excluding hydrogens is 388 g/mol. The number of hydrogen-bond acceptors (Lipinski definition) is 4. The van der Waals surface area contributed by atoms with Crippen LogP contribution in [0.1, 0.15) is 11.1 Å². The first-order chi connectivity index (χ1) is 13.9. The van der Waals surface area contributed by atoms with Gasteiger partial charge in [0.15, 0.2) is 0 Å². The number of sulfonamides is 1. The van der Waals surface area contributed by atoms with Crippen LogP contribution in [0.15, 0.2) is 65.6 Å². The van der Waals surface area contributed by atoms with Gasteiger partial charge < -0.3 is 9.64 Å². The van der Waals surface area contributed by atoms with E-state index >= 15 is 0 Å². The monoisotopic (exact) mass is 410 g/mol. The number of amides is 1. The Kier molecular flexibility index (Phi) is 5.25. The molecule has 0 aliphatic carbocycles. The molecule has 0 unspecified atom stereocenters. The van der Waals surface area contributed by atoms with E-state index in [-0.39, 0.29) is 17.4 Å². The molecule has 1 saturated heterocycles. The van der Waals surface area contributed by atoms with Gasteiger partial charge in [-0.15, -0.1) is 0 Å². The zero-order valence-electron chi connectivity index (χ0n) is 16.1. The van der Waals surface area contributed by atoms with Gasteiger partial charge in [-0.1, -0.05) is 42.5 Å². The van der Waals surface area contributed by atoms with E-state index in [0.717, 1.165) is 16.5 Å². The molecule has 0 aromatic heterocycles. The Balaban J connectivity index is 1.54. The quantitative estimate of drug-likeness (QED) is 0.700. The second-order valence-corrected chi connectivity index (χ2v) is 8.75. The number of rotatable bonds is 5. The third kappa shape index (κ3) is 4.11. The Hall–Kier alpha value is -2.90. The van der Waals surface area contributed by atoms with Crippen LogP contribution in [0.25, 0.3) is 10.8 Å². The Labute approximate surface area is 170 Å². The minimum Gasteiger partial charge on any atom is -0.370 e. The van der Waals surface area contributed by atoms with Crippen molar-refractivity contribution >= 4 is 32.4 Å². The second-order valence-electron chi connectivity index (χ2n) is 7.10. The van der Waals surface area contributed by atoms with Crippen LogP contribution in [0.4, 0.5) is 5.69 Å². The average Bonchev–Trinajstić information content (AvgIpc) is 2.71. The molecule has 6 nitrogen and oxygen atoms in total. The SMILES string of the molecule is Cc1cccc2c(S(=O)(=O)Nc3ccc(CN4CCOCC4=O)cc3)cccc12. The van der Waals surface area contributed by atoms with Crippen molar-refractivity contribution < 1.29 is 17.9 Å². The summed E-state index contributed by atoms with van der Waals surface area (Å²) in [5.41, 5.74) is 2.44. The Morgan fingerprint density at radius 3 is 2.48 bits per heavy atom. The summed E-state index contributed by atoms with van der Waals surface area (Å²) in [5, 5.41) is 1.61. The van der Waals surface area contributed by atoms with Crippen LogP contribution in [-0.2, 0) is 26.1 Å². The summed E-state index contributed by atoms with van der Waals surface area (Å²) in [7, 11) is -3.74. The second kappa shape index (κ2) is 7.85. The van der Waals surface area contributed by atoms with Crippen molar-refractivity contribution in [2.45, 2.75) is 18.4 Å². The van der Waals surface area contributed by atoms with Crippen LogP contribution in [-0.4, -0.2) is 39.0 Å². The highest BCUT2D eigenvalue weighted by Crippen LogP contribution is 2.27. The van der Waals surface area contributed by atoms with Crippen LogP contribution in [0.3, 0.4) is 0 Å². The Morgan fingerprint density at radius 1 is 1.00 bits per heavy atom. The molecule has 0 bridgehead atoms. The number of ether oxygens (including phenoxy) is 1. The van der Waals surface area contributed by atoms with Crippen LogP contribution in [0, 0.1) is 6.92 Å². The normalized spacial score (nSPS) is 14.9. The van der Waals surface area contributed by atoms with E-state index in [0.29, 0.717) is 30.8 Å². The molecule has 0 atom stereocenters. The van der Waals surface area contributed by atoms with Gasteiger partial charge in [-0.3, -0.25) is 9.52 Å². The van der Waals surface area contributed by atoms with Gasteiger partial charge in [-0.2, -0.15) is 0 Å². The fraction of sp³-hybridized carbons (Fsp3) is 0.227. The van der Waals surface area contributed by atoms with Crippen molar-refractivity contribution in [3.8, 4) is 0 Å². The van der Waals surface area contributed by atoms with E-state index in [1.54, 1.807) is 29.2 Å². The summed E-state index contributed by atoms with van der Waals surface area (Å²) in [6.07, 6.45) is 0. The van der Waals surface area contributed by atoms with E-state index < -0.39 is 10.0 Å². The number of anilines is 1. The average molecular weight is 410 g/mol. The number of morpholine rings is 1. The topological polar surface area (TPSA) is 75.7 Å². The van der Waals surface area contributed by atoms with Crippen LogP contribution in [0.5, 0.6) is 0 Å². The van der Waals surface area contributed by atoms with E-state index in [9.17, 15) is 13.2 Å². The number of carbonyl (C=O) groups excluding carboxylic acids is 1. The van der Waals surface area contributed by atoms with Gasteiger partial charge >= 0.3 is 0 Å². The number of fused-ring (bicyclic) bond motifs is 1. The standard InChI is InChI=1S/C22H22N2O4S/c1-16-4-2-6-20-19(16)5-3-7-21(20)29(26,27)23-18-10-8-17(9-11-18)14-24-12-13-28-15-22(24)25/h2-11,23H,12-15H2,1H3. The summed E-state index contributed by atoms with van der Waals surface area (Å²) in [5.74, 6) is -0.0349. The predicted octanol–water partition coefficient (Wildman–Crippen LogP) is 3.31. The van der Waals surface area contributed by atoms with Crippen molar-refractivity contribution in [1.82, 2.24) is 4.90 Å². The highest BCUT2D eigenvalue weighted by Gasteiger charge is 2.20. The first-order valence-corrected chi connectivity index (χ1v) is 10.9. The van der Waals surface area contributed by atoms with Gasteiger partial charge in [0.2, 0.25) is 5.91 Å². The fourth-order valence-corrected chi connectivity index (χ4v) is 4.78. The van der Waals surface area contributed by atoms with E-state index in [2.05, 4.69) is 4.72 Å². The summed E-state index contributed by atoms with van der Waals surface area (Å²) in [6.45, 7) is 3.66. The van der Waals surface area contributed by atoms with Gasteiger partial charge in [-0.05, 0) is 41.6 Å². The summed E-state index contributed by atoms with van der Waals surface area (Å²) in [4.78, 5) is 13.8. The maximum atomic E-state index is 13.0. The number of nitrogens with one attached hydrogen (secondary N) is 1. The molecule has 150 valence electrons. The fourth-order valence-electron chi connectivity index (χ4n) is 3.50. The van der Waals surface area contributed by atoms with Crippen molar-refractivity contribution in [2.75, 3.05) is 24.5 Å². The summed E-state index contributed by atoms with van der Waals surface area (Å²) >= 11 is 0. The lowest BCUT2D eigenvalue weighted by Gasteiger charge is -2.26. The van der Waals surface area contributed by atoms with Gasteiger partial charge in [0, 0.05) is 24.2 Å². The number of benzene rings is 3. The lowest BCUT2D eigenvalue weighted by molar-refractivity contribution is -0.143. The molecule has 7 heteroatoms. The van der Waals surface area contributed by atoms with E-state index in [4.69, 9.17) is 4.74 Å². The van der Waals surface area contributed by atoms with Crippen molar-refractivity contribution in [2.24, 2.45) is 0 Å². The maximum Gasteiger partial charge on any atom is 0.262 e. The molecule has 1 fully saturated rings. The molecule has 1 aliphatic rings. The minimum absolute atomic E-state index is 0.0349. The molecule has 3 aromatic rings. The maximum absolute atomic E-state index is 13.0. The molecule has 29 heavy (non-hydrogen) atoms. The molecule has 1 aliphatic heterocycles. The third-order valence-electron chi connectivity index (χ3n) is 5.05. The molecule has 1 amide bonds. The van der Waals surface area contributed by atoms with Gasteiger partial charge in [0.25, 0.3) is 10.0 Å². The molecule has 0 saturated carbocycles. The highest BCUT2D eigenvalue weighted by molar-refractivity contribution is 7.93. The van der Waals surface area contributed by atoms with Gasteiger partial charge in [0.05, 0.1) is 11.5 Å². The van der Waals surface area contributed by atoms with Gasteiger partial charge in [0.1, 0.15) is 6.61 Å². The highest BCUT2D eigenvalue weighted by atomic mass is 32.2. The lowest BCUT2D eigenvalue weighted by atomic mass is 10.1. The first-order valence-electron chi connectivity index (χ1n) is 9.40. The van der Waals surface area contributed by atoms with Crippen molar-refractivity contribution in [3.05, 3.63) is 71.8 Å². The third-order valence-corrected chi connectivity index (χ3v) is 6.49. The largest absolute Gasteiger partial charge is 0.370 e. The Morgan fingerprint density at radius 2 is 1.72 bits per heavy atom. The Bertz CT molecular complexity index is 1160. The number of aryl methyl sites for hydroxylation is 1. The number of carbonyl (C=O) groups is 1. The lowest BCUT2D eigenvalue weighted by Crippen LogP contribution is -2.40. The van der Waals surface area contributed by atoms with Crippen LogP contribution in [0.2, 0.25) is 0 Å². The molecular formula is C22H22N2O4S. The van der Waals surface area contributed by atoms with Crippen LogP contribution < -0.4 is 4.72 Å². The molecule has 1 heterocycles. The summed E-state index contributed by atoms with van der Waals surface area (Å²) in [6, 6.07) is 18.0. The van der Waals surface area contributed by atoms with Crippen molar-refractivity contribution in [1.29, 1.82) is 0 Å². The zero-order chi connectivity index (χ0) is 20.4. The van der Waals surface area contributed by atoms with E-state index in [1.807, 2.05) is 43.3 Å². The van der Waals surface area contributed by atoms with Gasteiger partial charge in [-0.25, -0.2) is 8.42 Å². The first kappa shape index (κ1) is 19.4. The predicted molar refractivity (Wildman–Crippen MR) is 112 cm³/mol. The van der Waals surface area contributed by atoms with Crippen LogP contribution >= 0.6 is 0 Å².